The van der Waals surface area contributed by atoms with Gasteiger partial charge in [-0.3, -0.25) is 14.4 Å². The molecule has 124 valence electrons. The van der Waals surface area contributed by atoms with E-state index in [9.17, 15) is 14.4 Å². The van der Waals surface area contributed by atoms with Crippen molar-refractivity contribution in [1.29, 1.82) is 0 Å². The number of hydrogen-bond donors (Lipinski definition) is 2. The molecule has 1 aliphatic heterocycles. The van der Waals surface area contributed by atoms with E-state index in [1.54, 1.807) is 0 Å². The van der Waals surface area contributed by atoms with Gasteiger partial charge in [-0.2, -0.15) is 0 Å². The largest absolute Gasteiger partial charge is 0.520 e. The number of rotatable bonds is 5. The normalized spacial score (nSPS) is 21.3. The highest BCUT2D eigenvalue weighted by Gasteiger charge is 2.35. The number of carbonyl (C=O) groups is 3. The highest BCUT2D eigenvalue weighted by Crippen LogP contribution is 2.11. The van der Waals surface area contributed by atoms with Gasteiger partial charge in [-0.25, -0.2) is 0 Å². The zero-order valence-electron chi connectivity index (χ0n) is 13.6. The summed E-state index contributed by atoms with van der Waals surface area (Å²) in [7, 11) is -2.00. The predicted octanol–water partition coefficient (Wildman–Crippen LogP) is 0.980. The summed E-state index contributed by atoms with van der Waals surface area (Å²) < 4.78 is 5.32. The molecule has 0 bridgehead atoms. The second-order valence-electron chi connectivity index (χ2n) is 6.60. The molecule has 6 nitrogen and oxygen atoms in total. The van der Waals surface area contributed by atoms with Crippen molar-refractivity contribution in [2.24, 2.45) is 0 Å². The Bertz CT molecular complexity index is 598. The molecule has 1 fully saturated rings. The summed E-state index contributed by atoms with van der Waals surface area (Å²) in [6.45, 7) is 5.67. The van der Waals surface area contributed by atoms with Gasteiger partial charge < -0.3 is 15.1 Å². The van der Waals surface area contributed by atoms with Gasteiger partial charge in [0, 0.05) is 6.42 Å². The van der Waals surface area contributed by atoms with Gasteiger partial charge in [0.1, 0.15) is 12.1 Å². The number of amides is 2. The minimum absolute atomic E-state index is 0.139. The molecule has 1 aliphatic rings. The number of hydrogen-bond acceptors (Lipinski definition) is 4. The molecule has 1 aromatic carbocycles. The first-order chi connectivity index (χ1) is 10.7. The first-order valence-corrected chi connectivity index (χ1v) is 11.0. The van der Waals surface area contributed by atoms with E-state index >= 15 is 0 Å². The zero-order chi connectivity index (χ0) is 17.0. The van der Waals surface area contributed by atoms with Crippen molar-refractivity contribution in [2.75, 3.05) is 0 Å². The molecule has 0 radical (unpaired) electrons. The number of carbonyl (C=O) groups excluding carboxylic acids is 3. The van der Waals surface area contributed by atoms with E-state index in [0.717, 1.165) is 5.56 Å². The van der Waals surface area contributed by atoms with Crippen molar-refractivity contribution in [1.82, 2.24) is 10.6 Å². The summed E-state index contributed by atoms with van der Waals surface area (Å²) in [5, 5.41) is 5.30. The second kappa shape index (κ2) is 6.95. The highest BCUT2D eigenvalue weighted by molar-refractivity contribution is 6.71. The maximum Gasteiger partial charge on any atom is 0.295 e. The fourth-order valence-corrected chi connectivity index (χ4v) is 3.13. The predicted molar refractivity (Wildman–Crippen MR) is 88.1 cm³/mol. The molecule has 2 unspecified atom stereocenters. The summed E-state index contributed by atoms with van der Waals surface area (Å²) in [5.41, 5.74) is 0.963. The van der Waals surface area contributed by atoms with Gasteiger partial charge in [0.15, 0.2) is 0 Å². The molecule has 0 spiro atoms. The first kappa shape index (κ1) is 17.2. The lowest BCUT2D eigenvalue weighted by Crippen LogP contribution is -2.62. The van der Waals surface area contributed by atoms with Crippen molar-refractivity contribution in [3.05, 3.63) is 35.9 Å². The summed E-state index contributed by atoms with van der Waals surface area (Å²) in [5.74, 6) is -1.08. The van der Waals surface area contributed by atoms with Gasteiger partial charge in [0.2, 0.25) is 20.1 Å². The van der Waals surface area contributed by atoms with E-state index in [4.69, 9.17) is 4.43 Å². The van der Waals surface area contributed by atoms with Crippen LogP contribution in [0.5, 0.6) is 0 Å². The van der Waals surface area contributed by atoms with E-state index < -0.39 is 26.4 Å². The third-order valence-corrected chi connectivity index (χ3v) is 4.18. The third kappa shape index (κ3) is 5.21. The quantitative estimate of drug-likeness (QED) is 0.786. The lowest BCUT2D eigenvalue weighted by Gasteiger charge is -2.30. The van der Waals surface area contributed by atoms with E-state index in [1.807, 2.05) is 50.0 Å². The van der Waals surface area contributed by atoms with Crippen LogP contribution in [0.4, 0.5) is 0 Å². The molecule has 1 aromatic rings. The van der Waals surface area contributed by atoms with Crippen LogP contribution in [0.3, 0.4) is 0 Å². The highest BCUT2D eigenvalue weighted by atomic mass is 28.4. The van der Waals surface area contributed by atoms with Gasteiger partial charge >= 0.3 is 0 Å². The van der Waals surface area contributed by atoms with Crippen LogP contribution in [0, 0.1) is 0 Å². The minimum Gasteiger partial charge on any atom is -0.520 e. The van der Waals surface area contributed by atoms with Gasteiger partial charge in [-0.1, -0.05) is 30.3 Å². The Morgan fingerprint density at radius 3 is 2.22 bits per heavy atom. The molecule has 2 N–H and O–H groups in total. The molecule has 0 saturated carbocycles. The lowest BCUT2D eigenvalue weighted by molar-refractivity contribution is -0.142. The van der Waals surface area contributed by atoms with Crippen molar-refractivity contribution in [3.63, 3.8) is 0 Å². The molecule has 0 aromatic heterocycles. The van der Waals surface area contributed by atoms with E-state index in [2.05, 4.69) is 10.6 Å². The topological polar surface area (TPSA) is 84.5 Å². The van der Waals surface area contributed by atoms with E-state index in [0.29, 0.717) is 6.42 Å². The molecular weight excluding hydrogens is 312 g/mol. The molecular formula is C16H22N2O4Si. The maximum atomic E-state index is 12.2. The van der Waals surface area contributed by atoms with Crippen molar-refractivity contribution in [3.8, 4) is 0 Å². The van der Waals surface area contributed by atoms with Crippen LogP contribution in [0.25, 0.3) is 0 Å². The van der Waals surface area contributed by atoms with Crippen molar-refractivity contribution in [2.45, 2.75) is 44.6 Å². The Hall–Kier alpha value is -2.15. The van der Waals surface area contributed by atoms with Gasteiger partial charge in [0.05, 0.1) is 6.42 Å². The average molecular weight is 334 g/mol. The molecule has 0 aliphatic carbocycles. The van der Waals surface area contributed by atoms with Crippen LogP contribution in [0.2, 0.25) is 19.6 Å². The number of piperazine rings is 1. The molecule has 2 atom stereocenters. The van der Waals surface area contributed by atoms with Crippen LogP contribution < -0.4 is 10.6 Å². The summed E-state index contributed by atoms with van der Waals surface area (Å²) in [6.07, 6.45) is 0.282. The SMILES string of the molecule is C[Si](C)(C)OC(=O)CC1NC(=O)C(Cc2ccccc2)NC1=O. The Labute approximate surface area is 136 Å². The van der Waals surface area contributed by atoms with Crippen LogP contribution in [-0.4, -0.2) is 38.2 Å². The fraction of sp³-hybridized carbons (Fsp3) is 0.438. The molecule has 7 heteroatoms. The van der Waals surface area contributed by atoms with Gasteiger partial charge in [0.25, 0.3) is 5.97 Å². The lowest BCUT2D eigenvalue weighted by atomic mass is 10.0. The van der Waals surface area contributed by atoms with Crippen LogP contribution >= 0.6 is 0 Å². The monoisotopic (exact) mass is 334 g/mol. The molecule has 2 rings (SSSR count). The number of nitrogens with one attached hydrogen (secondary N) is 2. The summed E-state index contributed by atoms with van der Waals surface area (Å²) in [4.78, 5) is 36.1. The Morgan fingerprint density at radius 2 is 1.61 bits per heavy atom. The smallest absolute Gasteiger partial charge is 0.295 e. The third-order valence-electron chi connectivity index (χ3n) is 3.34. The van der Waals surface area contributed by atoms with Crippen LogP contribution in [0.1, 0.15) is 12.0 Å². The van der Waals surface area contributed by atoms with Gasteiger partial charge in [-0.15, -0.1) is 0 Å². The Balaban J connectivity index is 1.93. The molecule has 23 heavy (non-hydrogen) atoms. The minimum atomic E-state index is -2.00. The summed E-state index contributed by atoms with van der Waals surface area (Å²) >= 11 is 0. The van der Waals surface area contributed by atoms with E-state index in [-0.39, 0.29) is 18.2 Å². The fourth-order valence-electron chi connectivity index (χ4n) is 2.36. The zero-order valence-corrected chi connectivity index (χ0v) is 14.6. The van der Waals surface area contributed by atoms with Crippen molar-refractivity contribution >= 4 is 26.1 Å². The summed E-state index contributed by atoms with van der Waals surface area (Å²) in [6, 6.07) is 7.98. The first-order valence-electron chi connectivity index (χ1n) is 7.61. The standard InChI is InChI=1S/C16H22N2O4Si/c1-23(2,3)22-14(19)10-13-16(21)17-12(15(20)18-13)9-11-7-5-4-6-8-11/h4-8,12-13H,9-10H2,1-3H3,(H,17,21)(H,18,20). The second-order valence-corrected chi connectivity index (χ2v) is 11.0. The Morgan fingerprint density at radius 1 is 1.04 bits per heavy atom. The van der Waals surface area contributed by atoms with E-state index in [1.165, 1.54) is 0 Å². The van der Waals surface area contributed by atoms with Crippen LogP contribution in [0.15, 0.2) is 30.3 Å². The molecule has 2 amide bonds. The average Bonchev–Trinajstić information content (AvgIpc) is 2.43. The van der Waals surface area contributed by atoms with Gasteiger partial charge in [-0.05, 0) is 25.2 Å². The maximum absolute atomic E-state index is 12.2. The van der Waals surface area contributed by atoms with Crippen LogP contribution in [-0.2, 0) is 25.2 Å². The molecule has 1 heterocycles. The Kier molecular flexibility index (Phi) is 5.20. The molecule has 1 saturated heterocycles. The van der Waals surface area contributed by atoms with Crippen molar-refractivity contribution < 1.29 is 18.8 Å². The number of benzene rings is 1.